The number of benzene rings is 1. The number of hydrogen-bond donors (Lipinski definition) is 1. The van der Waals surface area contributed by atoms with Gasteiger partial charge in [-0.3, -0.25) is 4.90 Å². The first-order valence-corrected chi connectivity index (χ1v) is 8.46. The van der Waals surface area contributed by atoms with Gasteiger partial charge in [0, 0.05) is 19.1 Å². The summed E-state index contributed by atoms with van der Waals surface area (Å²) in [5, 5.41) is 4.68. The van der Waals surface area contributed by atoms with E-state index in [0.29, 0.717) is 28.4 Å². The standard InChI is InChI=1S/C16H24Cl2N2O/c1-3-20-7-5-6-13(20)11-19-10-12-8-14(17)16(21-4-2)15(18)9-12/h8-9,13,19H,3-7,10-11H2,1-2H3. The lowest BCUT2D eigenvalue weighted by molar-refractivity contribution is 0.260. The number of nitrogens with zero attached hydrogens (tertiary/aromatic N) is 1. The number of likely N-dealkylation sites (N-methyl/N-ethyl adjacent to an activating group) is 1. The third kappa shape index (κ3) is 4.49. The van der Waals surface area contributed by atoms with Crippen molar-refractivity contribution in [1.82, 2.24) is 10.2 Å². The predicted molar refractivity (Wildman–Crippen MR) is 89.6 cm³/mol. The molecule has 1 heterocycles. The van der Waals surface area contributed by atoms with E-state index < -0.39 is 0 Å². The van der Waals surface area contributed by atoms with Crippen molar-refractivity contribution < 1.29 is 4.74 Å². The molecule has 1 atom stereocenters. The first kappa shape index (κ1) is 16.9. The number of halogens is 2. The Kier molecular flexibility index (Phi) is 6.62. The number of hydrogen-bond acceptors (Lipinski definition) is 3. The van der Waals surface area contributed by atoms with Crippen LogP contribution in [0.3, 0.4) is 0 Å². The van der Waals surface area contributed by atoms with E-state index in [1.165, 1.54) is 19.4 Å². The molecule has 0 aliphatic carbocycles. The van der Waals surface area contributed by atoms with Crippen LogP contribution in [0.4, 0.5) is 0 Å². The number of likely N-dealkylation sites (tertiary alicyclic amines) is 1. The van der Waals surface area contributed by atoms with Crippen LogP contribution < -0.4 is 10.1 Å². The second kappa shape index (κ2) is 8.23. The fourth-order valence-electron chi connectivity index (χ4n) is 2.92. The Morgan fingerprint density at radius 2 is 2.00 bits per heavy atom. The SMILES string of the molecule is CCOc1c(Cl)cc(CNCC2CCCN2CC)cc1Cl. The third-order valence-electron chi connectivity index (χ3n) is 3.96. The van der Waals surface area contributed by atoms with Gasteiger partial charge in [-0.25, -0.2) is 0 Å². The van der Waals surface area contributed by atoms with E-state index in [4.69, 9.17) is 27.9 Å². The topological polar surface area (TPSA) is 24.5 Å². The first-order valence-electron chi connectivity index (χ1n) is 7.71. The highest BCUT2D eigenvalue weighted by Gasteiger charge is 2.22. The van der Waals surface area contributed by atoms with Crippen LogP contribution in [-0.4, -0.2) is 37.2 Å². The van der Waals surface area contributed by atoms with E-state index in [-0.39, 0.29) is 0 Å². The predicted octanol–water partition coefficient (Wildman–Crippen LogP) is 3.97. The minimum absolute atomic E-state index is 0.561. The average Bonchev–Trinajstić information content (AvgIpc) is 2.90. The van der Waals surface area contributed by atoms with Crippen molar-refractivity contribution in [3.63, 3.8) is 0 Å². The molecule has 0 bridgehead atoms. The molecule has 0 radical (unpaired) electrons. The minimum atomic E-state index is 0.561. The number of rotatable bonds is 7. The summed E-state index contributed by atoms with van der Waals surface area (Å²) >= 11 is 12.4. The van der Waals surface area contributed by atoms with Crippen LogP contribution in [0.25, 0.3) is 0 Å². The molecule has 5 heteroatoms. The summed E-state index contributed by atoms with van der Waals surface area (Å²) in [6.07, 6.45) is 2.59. The molecule has 1 saturated heterocycles. The van der Waals surface area contributed by atoms with Gasteiger partial charge in [0.2, 0.25) is 0 Å². The average molecular weight is 331 g/mol. The Labute approximate surface area is 137 Å². The van der Waals surface area contributed by atoms with Gasteiger partial charge >= 0.3 is 0 Å². The Morgan fingerprint density at radius 1 is 1.29 bits per heavy atom. The van der Waals surface area contributed by atoms with Crippen molar-refractivity contribution >= 4 is 23.2 Å². The lowest BCUT2D eigenvalue weighted by Crippen LogP contribution is -2.37. The van der Waals surface area contributed by atoms with Gasteiger partial charge < -0.3 is 10.1 Å². The van der Waals surface area contributed by atoms with Crippen molar-refractivity contribution in [2.24, 2.45) is 0 Å². The second-order valence-corrected chi connectivity index (χ2v) is 6.19. The molecule has 0 spiro atoms. The third-order valence-corrected chi connectivity index (χ3v) is 4.52. The fourth-order valence-corrected chi connectivity index (χ4v) is 3.56. The first-order chi connectivity index (χ1) is 10.2. The van der Waals surface area contributed by atoms with Crippen molar-refractivity contribution in [3.8, 4) is 5.75 Å². The Balaban J connectivity index is 1.89. The molecule has 1 aliphatic heterocycles. The van der Waals surface area contributed by atoms with E-state index in [1.54, 1.807) is 0 Å². The highest BCUT2D eigenvalue weighted by Crippen LogP contribution is 2.34. The van der Waals surface area contributed by atoms with Crippen molar-refractivity contribution in [1.29, 1.82) is 0 Å². The summed E-state index contributed by atoms with van der Waals surface area (Å²) in [6.45, 7) is 8.85. The van der Waals surface area contributed by atoms with Crippen LogP contribution in [0.15, 0.2) is 12.1 Å². The van der Waals surface area contributed by atoms with Gasteiger partial charge in [0.25, 0.3) is 0 Å². The van der Waals surface area contributed by atoms with Gasteiger partial charge in [-0.1, -0.05) is 30.1 Å². The second-order valence-electron chi connectivity index (χ2n) is 5.38. The molecule has 2 rings (SSSR count). The van der Waals surface area contributed by atoms with Gasteiger partial charge in [-0.15, -0.1) is 0 Å². The van der Waals surface area contributed by atoms with Gasteiger partial charge in [0.1, 0.15) is 0 Å². The Morgan fingerprint density at radius 3 is 2.62 bits per heavy atom. The molecule has 0 saturated carbocycles. The summed E-state index contributed by atoms with van der Waals surface area (Å²) in [6, 6.07) is 4.51. The molecule has 1 aromatic carbocycles. The van der Waals surface area contributed by atoms with Crippen molar-refractivity contribution in [2.75, 3.05) is 26.2 Å². The molecule has 1 N–H and O–H groups in total. The lowest BCUT2D eigenvalue weighted by Gasteiger charge is -2.23. The molecular formula is C16H24Cl2N2O. The summed E-state index contributed by atoms with van der Waals surface area (Å²) in [5.41, 5.74) is 1.09. The highest BCUT2D eigenvalue weighted by molar-refractivity contribution is 6.37. The molecule has 3 nitrogen and oxygen atoms in total. The summed E-state index contributed by atoms with van der Waals surface area (Å²) in [4.78, 5) is 2.53. The maximum atomic E-state index is 6.22. The van der Waals surface area contributed by atoms with Crippen LogP contribution in [0.5, 0.6) is 5.75 Å². The number of ether oxygens (including phenoxy) is 1. The van der Waals surface area contributed by atoms with Crippen LogP contribution >= 0.6 is 23.2 Å². The molecule has 1 aliphatic rings. The lowest BCUT2D eigenvalue weighted by atomic mass is 10.2. The van der Waals surface area contributed by atoms with E-state index in [1.807, 2.05) is 19.1 Å². The zero-order chi connectivity index (χ0) is 15.2. The molecule has 21 heavy (non-hydrogen) atoms. The Bertz CT molecular complexity index is 445. The quantitative estimate of drug-likeness (QED) is 0.818. The largest absolute Gasteiger partial charge is 0.491 e. The van der Waals surface area contributed by atoms with Crippen LogP contribution in [0.1, 0.15) is 32.3 Å². The molecule has 118 valence electrons. The van der Waals surface area contributed by atoms with Crippen molar-refractivity contribution in [2.45, 2.75) is 39.3 Å². The van der Waals surface area contributed by atoms with Gasteiger partial charge in [-0.05, 0) is 50.6 Å². The normalized spacial score (nSPS) is 19.1. The monoisotopic (exact) mass is 330 g/mol. The molecule has 1 aromatic rings. The molecule has 0 aromatic heterocycles. The smallest absolute Gasteiger partial charge is 0.156 e. The molecule has 1 fully saturated rings. The molecule has 1 unspecified atom stereocenters. The van der Waals surface area contributed by atoms with Crippen LogP contribution in [0, 0.1) is 0 Å². The van der Waals surface area contributed by atoms with E-state index in [2.05, 4.69) is 17.1 Å². The van der Waals surface area contributed by atoms with E-state index in [9.17, 15) is 0 Å². The number of nitrogens with one attached hydrogen (secondary N) is 1. The summed E-state index contributed by atoms with van der Waals surface area (Å²) < 4.78 is 5.45. The van der Waals surface area contributed by atoms with Crippen LogP contribution in [-0.2, 0) is 6.54 Å². The maximum absolute atomic E-state index is 6.22. The van der Waals surface area contributed by atoms with Crippen molar-refractivity contribution in [3.05, 3.63) is 27.7 Å². The van der Waals surface area contributed by atoms with Gasteiger partial charge in [0.15, 0.2) is 5.75 Å². The zero-order valence-corrected chi connectivity index (χ0v) is 14.3. The Hall–Kier alpha value is -0.480. The van der Waals surface area contributed by atoms with Crippen LogP contribution in [0.2, 0.25) is 10.0 Å². The summed E-state index contributed by atoms with van der Waals surface area (Å²) in [5.74, 6) is 0.581. The maximum Gasteiger partial charge on any atom is 0.156 e. The molecule has 0 amide bonds. The fraction of sp³-hybridized carbons (Fsp3) is 0.625. The van der Waals surface area contributed by atoms with Gasteiger partial charge in [-0.2, -0.15) is 0 Å². The molecular weight excluding hydrogens is 307 g/mol. The minimum Gasteiger partial charge on any atom is -0.491 e. The van der Waals surface area contributed by atoms with E-state index >= 15 is 0 Å². The van der Waals surface area contributed by atoms with E-state index in [0.717, 1.165) is 25.2 Å². The summed E-state index contributed by atoms with van der Waals surface area (Å²) in [7, 11) is 0. The zero-order valence-electron chi connectivity index (χ0n) is 12.8. The highest BCUT2D eigenvalue weighted by atomic mass is 35.5. The van der Waals surface area contributed by atoms with Gasteiger partial charge in [0.05, 0.1) is 16.7 Å².